The lowest BCUT2D eigenvalue weighted by Crippen LogP contribution is -2.36. The summed E-state index contributed by atoms with van der Waals surface area (Å²) in [6.07, 6.45) is 0.888. The molecule has 104 valence electrons. The topological polar surface area (TPSA) is 64.3 Å². The fourth-order valence-corrected chi connectivity index (χ4v) is 1.54. The van der Waals surface area contributed by atoms with Crippen molar-refractivity contribution in [2.24, 2.45) is 5.73 Å². The highest BCUT2D eigenvalue weighted by atomic mass is 19.1. The van der Waals surface area contributed by atoms with Crippen molar-refractivity contribution in [2.75, 3.05) is 6.54 Å². The van der Waals surface area contributed by atoms with Crippen molar-refractivity contribution in [1.82, 2.24) is 5.32 Å². The van der Waals surface area contributed by atoms with E-state index in [0.29, 0.717) is 17.9 Å². The highest BCUT2D eigenvalue weighted by Crippen LogP contribution is 2.25. The van der Waals surface area contributed by atoms with Gasteiger partial charge in [0, 0.05) is 18.2 Å². The van der Waals surface area contributed by atoms with E-state index in [2.05, 4.69) is 11.9 Å². The van der Waals surface area contributed by atoms with E-state index in [1.165, 1.54) is 18.2 Å². The number of benzene rings is 1. The molecule has 2 atom stereocenters. The molecule has 1 rings (SSSR count). The molecule has 3 N–H and O–H groups in total. The molecule has 0 bridgehead atoms. The van der Waals surface area contributed by atoms with Crippen molar-refractivity contribution >= 4 is 5.91 Å². The zero-order valence-corrected chi connectivity index (χ0v) is 11.2. The van der Waals surface area contributed by atoms with Crippen LogP contribution in [0, 0.1) is 5.82 Å². The molecule has 0 saturated heterocycles. The van der Waals surface area contributed by atoms with Gasteiger partial charge in [0.2, 0.25) is 0 Å². The lowest BCUT2D eigenvalue weighted by molar-refractivity contribution is -0.127. The number of hydrogen-bond acceptors (Lipinski definition) is 3. The molecule has 0 aromatic heterocycles. The molecular weight excluding hydrogens is 247 g/mol. The standard InChI is InChI=1S/C14H19FN2O2/c1-4-7-17-14(18)10(3)19-13-6-5-11(15)8-12(13)9(2)16/h4-6,8-10H,1,7,16H2,2-3H3,(H,17,18)/t9-,10?/m1/s1. The van der Waals surface area contributed by atoms with Crippen LogP contribution in [0.2, 0.25) is 0 Å². The first kappa shape index (κ1) is 15.2. The van der Waals surface area contributed by atoms with Crippen molar-refractivity contribution in [3.63, 3.8) is 0 Å². The summed E-state index contributed by atoms with van der Waals surface area (Å²) in [4.78, 5) is 11.7. The second kappa shape index (κ2) is 6.89. The highest BCUT2D eigenvalue weighted by Gasteiger charge is 2.17. The Labute approximate surface area is 112 Å². The molecule has 19 heavy (non-hydrogen) atoms. The quantitative estimate of drug-likeness (QED) is 0.773. The number of rotatable bonds is 6. The van der Waals surface area contributed by atoms with E-state index in [1.807, 2.05) is 0 Å². The summed E-state index contributed by atoms with van der Waals surface area (Å²) in [6, 6.07) is 3.68. The summed E-state index contributed by atoms with van der Waals surface area (Å²) in [5.41, 5.74) is 6.29. The predicted molar refractivity (Wildman–Crippen MR) is 72.3 cm³/mol. The van der Waals surface area contributed by atoms with Gasteiger partial charge in [-0.15, -0.1) is 6.58 Å². The van der Waals surface area contributed by atoms with Crippen molar-refractivity contribution in [1.29, 1.82) is 0 Å². The zero-order valence-electron chi connectivity index (χ0n) is 11.2. The van der Waals surface area contributed by atoms with Crippen LogP contribution in [-0.4, -0.2) is 18.6 Å². The van der Waals surface area contributed by atoms with Gasteiger partial charge in [0.05, 0.1) is 0 Å². The number of nitrogens with one attached hydrogen (secondary N) is 1. The minimum absolute atomic E-state index is 0.264. The zero-order chi connectivity index (χ0) is 14.4. The second-order valence-electron chi connectivity index (χ2n) is 4.26. The molecule has 0 aliphatic heterocycles. The Morgan fingerprint density at radius 2 is 2.26 bits per heavy atom. The number of ether oxygens (including phenoxy) is 1. The molecule has 4 nitrogen and oxygen atoms in total. The Balaban J connectivity index is 2.81. The monoisotopic (exact) mass is 266 g/mol. The SMILES string of the molecule is C=CCNC(=O)C(C)Oc1ccc(F)cc1[C@@H](C)N. The van der Waals surface area contributed by atoms with E-state index in [0.717, 1.165) is 0 Å². The average Bonchev–Trinajstić information content (AvgIpc) is 2.37. The highest BCUT2D eigenvalue weighted by molar-refractivity contribution is 5.80. The van der Waals surface area contributed by atoms with E-state index in [9.17, 15) is 9.18 Å². The van der Waals surface area contributed by atoms with Crippen molar-refractivity contribution in [3.05, 3.63) is 42.2 Å². The number of halogens is 1. The maximum Gasteiger partial charge on any atom is 0.261 e. The summed E-state index contributed by atoms with van der Waals surface area (Å²) >= 11 is 0. The van der Waals surface area contributed by atoms with E-state index in [-0.39, 0.29) is 17.8 Å². The summed E-state index contributed by atoms with van der Waals surface area (Å²) in [5.74, 6) is -0.235. The maximum atomic E-state index is 13.2. The van der Waals surface area contributed by atoms with Crippen LogP contribution in [0.25, 0.3) is 0 Å². The van der Waals surface area contributed by atoms with Gasteiger partial charge in [-0.2, -0.15) is 0 Å². The predicted octanol–water partition coefficient (Wildman–Crippen LogP) is 1.91. The van der Waals surface area contributed by atoms with Crippen LogP contribution in [0.5, 0.6) is 5.75 Å². The number of nitrogens with two attached hydrogens (primary N) is 1. The first-order chi connectivity index (χ1) is 8.95. The molecule has 0 aliphatic rings. The lowest BCUT2D eigenvalue weighted by Gasteiger charge is -2.18. The first-order valence-electron chi connectivity index (χ1n) is 6.06. The van der Waals surface area contributed by atoms with E-state index in [4.69, 9.17) is 10.5 Å². The third kappa shape index (κ3) is 4.37. The summed E-state index contributed by atoms with van der Waals surface area (Å²) in [6.45, 7) is 7.22. The second-order valence-corrected chi connectivity index (χ2v) is 4.26. The lowest BCUT2D eigenvalue weighted by atomic mass is 10.1. The van der Waals surface area contributed by atoms with Crippen molar-refractivity contribution in [3.8, 4) is 5.75 Å². The number of carbonyl (C=O) groups is 1. The van der Waals surface area contributed by atoms with Gasteiger partial charge >= 0.3 is 0 Å². The van der Waals surface area contributed by atoms with Crippen LogP contribution in [0.3, 0.4) is 0 Å². The molecule has 0 fully saturated rings. The minimum atomic E-state index is -0.692. The summed E-state index contributed by atoms with van der Waals surface area (Å²) < 4.78 is 18.7. The fourth-order valence-electron chi connectivity index (χ4n) is 1.54. The van der Waals surface area contributed by atoms with Gasteiger partial charge in [-0.05, 0) is 32.0 Å². The van der Waals surface area contributed by atoms with Crippen LogP contribution in [0.1, 0.15) is 25.5 Å². The van der Waals surface area contributed by atoms with Crippen LogP contribution < -0.4 is 15.8 Å². The molecule has 1 amide bonds. The van der Waals surface area contributed by atoms with Crippen LogP contribution in [0.4, 0.5) is 4.39 Å². The molecule has 0 aliphatic carbocycles. The first-order valence-corrected chi connectivity index (χ1v) is 6.06. The molecule has 0 spiro atoms. The maximum absolute atomic E-state index is 13.2. The van der Waals surface area contributed by atoms with Gasteiger partial charge in [-0.1, -0.05) is 6.08 Å². The normalized spacial score (nSPS) is 13.5. The Hall–Kier alpha value is -1.88. The molecule has 1 aromatic carbocycles. The van der Waals surface area contributed by atoms with Gasteiger partial charge < -0.3 is 15.8 Å². The smallest absolute Gasteiger partial charge is 0.261 e. The van der Waals surface area contributed by atoms with Crippen LogP contribution >= 0.6 is 0 Å². The number of hydrogen-bond donors (Lipinski definition) is 2. The van der Waals surface area contributed by atoms with Gasteiger partial charge in [-0.3, -0.25) is 4.79 Å². The molecule has 0 radical (unpaired) electrons. The van der Waals surface area contributed by atoms with Crippen LogP contribution in [-0.2, 0) is 4.79 Å². The average molecular weight is 266 g/mol. The fraction of sp³-hybridized carbons (Fsp3) is 0.357. The largest absolute Gasteiger partial charge is 0.481 e. The van der Waals surface area contributed by atoms with Crippen LogP contribution in [0.15, 0.2) is 30.9 Å². The van der Waals surface area contributed by atoms with Gasteiger partial charge in [0.15, 0.2) is 6.10 Å². The Morgan fingerprint density at radius 3 is 2.84 bits per heavy atom. The third-order valence-electron chi connectivity index (χ3n) is 2.56. The van der Waals surface area contributed by atoms with Crippen molar-refractivity contribution in [2.45, 2.75) is 26.0 Å². The molecule has 0 heterocycles. The van der Waals surface area contributed by atoms with Crippen molar-refractivity contribution < 1.29 is 13.9 Å². The van der Waals surface area contributed by atoms with E-state index in [1.54, 1.807) is 19.9 Å². The van der Waals surface area contributed by atoms with E-state index < -0.39 is 6.10 Å². The number of carbonyl (C=O) groups excluding carboxylic acids is 1. The molecule has 1 unspecified atom stereocenters. The molecule has 0 saturated carbocycles. The minimum Gasteiger partial charge on any atom is -0.481 e. The third-order valence-corrected chi connectivity index (χ3v) is 2.56. The Kier molecular flexibility index (Phi) is 5.51. The van der Waals surface area contributed by atoms with Gasteiger partial charge in [-0.25, -0.2) is 4.39 Å². The molecular formula is C14H19FN2O2. The molecule has 5 heteroatoms. The van der Waals surface area contributed by atoms with E-state index >= 15 is 0 Å². The summed E-state index contributed by atoms with van der Waals surface area (Å²) in [7, 11) is 0. The van der Waals surface area contributed by atoms with Gasteiger partial charge in [0.1, 0.15) is 11.6 Å². The summed E-state index contributed by atoms with van der Waals surface area (Å²) in [5, 5.41) is 2.63. The van der Waals surface area contributed by atoms with Gasteiger partial charge in [0.25, 0.3) is 5.91 Å². The number of amides is 1. The molecule has 1 aromatic rings. The Morgan fingerprint density at radius 1 is 1.58 bits per heavy atom. The Bertz CT molecular complexity index is 461.